The van der Waals surface area contributed by atoms with Crippen LogP contribution < -0.4 is 10.3 Å². The van der Waals surface area contributed by atoms with Crippen molar-refractivity contribution in [1.82, 2.24) is 14.5 Å². The molecule has 27 heavy (non-hydrogen) atoms. The third-order valence-electron chi connectivity index (χ3n) is 4.00. The van der Waals surface area contributed by atoms with E-state index in [1.54, 1.807) is 38.4 Å². The summed E-state index contributed by atoms with van der Waals surface area (Å²) in [6.45, 7) is 5.24. The first-order chi connectivity index (χ1) is 12.8. The summed E-state index contributed by atoms with van der Waals surface area (Å²) in [5.41, 5.74) is 2.54. The maximum absolute atomic E-state index is 13.9. The molecular formula is C19H16BrClFN3O2. The van der Waals surface area contributed by atoms with Crippen LogP contribution in [0.5, 0.6) is 5.75 Å². The summed E-state index contributed by atoms with van der Waals surface area (Å²) in [6.07, 6.45) is 3.21. The van der Waals surface area contributed by atoms with E-state index in [0.717, 1.165) is 5.56 Å². The van der Waals surface area contributed by atoms with E-state index < -0.39 is 11.4 Å². The Labute approximate surface area is 168 Å². The standard InChI is InChI=1S/C19H16BrClFN3O2/c1-10-4-13(22)14(23-7-10)9-27-16-5-12(3)25(19(26)18(16)21)15-6-17(20)24-8-11(15)2/h4-8H,9H2,1-3H3. The number of hydrogen-bond donors (Lipinski definition) is 0. The molecule has 0 N–H and O–H groups in total. The van der Waals surface area contributed by atoms with Crippen molar-refractivity contribution in [3.8, 4) is 11.4 Å². The van der Waals surface area contributed by atoms with Crippen LogP contribution in [0, 0.1) is 26.6 Å². The molecule has 0 unspecified atom stereocenters. The van der Waals surface area contributed by atoms with Gasteiger partial charge in [0.05, 0.1) is 5.69 Å². The van der Waals surface area contributed by atoms with Crippen LogP contribution >= 0.6 is 27.5 Å². The van der Waals surface area contributed by atoms with E-state index in [-0.39, 0.29) is 23.1 Å². The molecule has 0 aliphatic rings. The Morgan fingerprint density at radius 3 is 2.63 bits per heavy atom. The molecule has 0 saturated heterocycles. The van der Waals surface area contributed by atoms with Gasteiger partial charge in [-0.25, -0.2) is 9.37 Å². The number of ether oxygens (including phenoxy) is 1. The quantitative estimate of drug-likeness (QED) is 0.539. The second kappa shape index (κ2) is 7.78. The van der Waals surface area contributed by atoms with Crippen molar-refractivity contribution in [1.29, 1.82) is 0 Å². The fraction of sp³-hybridized carbons (Fsp3) is 0.211. The molecule has 3 heterocycles. The Morgan fingerprint density at radius 1 is 1.19 bits per heavy atom. The summed E-state index contributed by atoms with van der Waals surface area (Å²) in [6, 6.07) is 4.76. The van der Waals surface area contributed by atoms with Gasteiger partial charge in [-0.3, -0.25) is 14.3 Å². The fourth-order valence-corrected chi connectivity index (χ4v) is 3.14. The number of pyridine rings is 3. The molecule has 0 amide bonds. The third-order valence-corrected chi connectivity index (χ3v) is 4.78. The van der Waals surface area contributed by atoms with Crippen LogP contribution in [-0.4, -0.2) is 14.5 Å². The highest BCUT2D eigenvalue weighted by Gasteiger charge is 2.16. The largest absolute Gasteiger partial charge is 0.485 e. The van der Waals surface area contributed by atoms with Gasteiger partial charge in [-0.15, -0.1) is 0 Å². The molecular weight excluding hydrogens is 437 g/mol. The van der Waals surface area contributed by atoms with Gasteiger partial charge < -0.3 is 4.74 Å². The van der Waals surface area contributed by atoms with E-state index in [1.807, 2.05) is 6.92 Å². The van der Waals surface area contributed by atoms with Crippen molar-refractivity contribution in [2.45, 2.75) is 27.4 Å². The molecule has 8 heteroatoms. The van der Waals surface area contributed by atoms with Crippen LogP contribution in [0.2, 0.25) is 5.02 Å². The first-order valence-electron chi connectivity index (χ1n) is 8.06. The van der Waals surface area contributed by atoms with E-state index >= 15 is 0 Å². The molecule has 0 atom stereocenters. The predicted molar refractivity (Wildman–Crippen MR) is 105 cm³/mol. The molecule has 140 valence electrons. The van der Waals surface area contributed by atoms with Crippen LogP contribution in [-0.2, 0) is 6.61 Å². The Kier molecular flexibility index (Phi) is 5.62. The molecule has 0 spiro atoms. The Morgan fingerprint density at radius 2 is 1.93 bits per heavy atom. The van der Waals surface area contributed by atoms with Gasteiger partial charge in [0.25, 0.3) is 5.56 Å². The van der Waals surface area contributed by atoms with Gasteiger partial charge in [0.15, 0.2) is 0 Å². The average molecular weight is 453 g/mol. The smallest absolute Gasteiger partial charge is 0.277 e. The van der Waals surface area contributed by atoms with Crippen molar-refractivity contribution in [2.24, 2.45) is 0 Å². The highest BCUT2D eigenvalue weighted by atomic mass is 79.9. The number of rotatable bonds is 4. The minimum atomic E-state index is -0.464. The summed E-state index contributed by atoms with van der Waals surface area (Å²) in [4.78, 5) is 21.0. The Balaban J connectivity index is 1.98. The lowest BCUT2D eigenvalue weighted by Gasteiger charge is -2.16. The first-order valence-corrected chi connectivity index (χ1v) is 9.23. The van der Waals surface area contributed by atoms with Crippen molar-refractivity contribution in [2.75, 3.05) is 0 Å². The Hall–Kier alpha value is -2.25. The number of aromatic nitrogens is 3. The van der Waals surface area contributed by atoms with Crippen molar-refractivity contribution >= 4 is 27.5 Å². The summed E-state index contributed by atoms with van der Waals surface area (Å²) in [7, 11) is 0. The molecule has 0 bridgehead atoms. The van der Waals surface area contributed by atoms with Gasteiger partial charge >= 0.3 is 0 Å². The SMILES string of the molecule is Cc1cnc(COc2cc(C)n(-c3cc(Br)ncc3C)c(=O)c2Cl)c(F)c1. The Bertz CT molecular complexity index is 1090. The highest BCUT2D eigenvalue weighted by Crippen LogP contribution is 2.26. The summed E-state index contributed by atoms with van der Waals surface area (Å²) >= 11 is 9.56. The van der Waals surface area contributed by atoms with Gasteiger partial charge in [-0.05, 0) is 60.0 Å². The van der Waals surface area contributed by atoms with Crippen LogP contribution in [0.1, 0.15) is 22.5 Å². The van der Waals surface area contributed by atoms with Gasteiger partial charge in [0.1, 0.15) is 33.5 Å². The predicted octanol–water partition coefficient (Wildman–Crippen LogP) is 4.69. The number of nitrogens with zero attached hydrogens (tertiary/aromatic N) is 3. The molecule has 0 radical (unpaired) electrons. The normalized spacial score (nSPS) is 10.9. The average Bonchev–Trinajstić information content (AvgIpc) is 2.61. The lowest BCUT2D eigenvalue weighted by Crippen LogP contribution is -2.22. The van der Waals surface area contributed by atoms with E-state index in [2.05, 4.69) is 25.9 Å². The lowest BCUT2D eigenvalue weighted by molar-refractivity contribution is 0.293. The first kappa shape index (κ1) is 19.5. The molecule has 3 aromatic rings. The van der Waals surface area contributed by atoms with Crippen LogP contribution in [0.3, 0.4) is 0 Å². The van der Waals surface area contributed by atoms with E-state index in [0.29, 0.717) is 21.5 Å². The molecule has 0 aromatic carbocycles. The minimum Gasteiger partial charge on any atom is -0.485 e. The van der Waals surface area contributed by atoms with E-state index in [4.69, 9.17) is 16.3 Å². The second-order valence-electron chi connectivity index (χ2n) is 6.13. The zero-order valence-corrected chi connectivity index (χ0v) is 17.2. The lowest BCUT2D eigenvalue weighted by atomic mass is 10.2. The number of halogens is 3. The molecule has 0 saturated carbocycles. The number of aryl methyl sites for hydroxylation is 3. The van der Waals surface area contributed by atoms with Crippen LogP contribution in [0.25, 0.3) is 5.69 Å². The maximum Gasteiger partial charge on any atom is 0.277 e. The van der Waals surface area contributed by atoms with Crippen molar-refractivity contribution in [3.05, 3.63) is 78.9 Å². The van der Waals surface area contributed by atoms with Crippen molar-refractivity contribution < 1.29 is 9.13 Å². The molecule has 5 nitrogen and oxygen atoms in total. The van der Waals surface area contributed by atoms with Gasteiger partial charge in [0.2, 0.25) is 0 Å². The van der Waals surface area contributed by atoms with Gasteiger partial charge in [0, 0.05) is 24.2 Å². The molecule has 3 aromatic heterocycles. The zero-order chi connectivity index (χ0) is 19.7. The van der Waals surface area contributed by atoms with Crippen LogP contribution in [0.4, 0.5) is 4.39 Å². The summed E-state index contributed by atoms with van der Waals surface area (Å²) in [5, 5.41) is -0.0829. The minimum absolute atomic E-state index is 0.0829. The summed E-state index contributed by atoms with van der Waals surface area (Å²) in [5.74, 6) is -0.281. The fourth-order valence-electron chi connectivity index (χ4n) is 2.63. The maximum atomic E-state index is 13.9. The van der Waals surface area contributed by atoms with Crippen LogP contribution in [0.15, 0.2) is 40.0 Å². The topological polar surface area (TPSA) is 57.0 Å². The number of hydrogen-bond acceptors (Lipinski definition) is 4. The molecule has 0 fully saturated rings. The highest BCUT2D eigenvalue weighted by molar-refractivity contribution is 9.10. The van der Waals surface area contributed by atoms with E-state index in [9.17, 15) is 9.18 Å². The molecule has 0 aliphatic carbocycles. The van der Waals surface area contributed by atoms with Gasteiger partial charge in [-0.1, -0.05) is 11.6 Å². The summed E-state index contributed by atoms with van der Waals surface area (Å²) < 4.78 is 21.6. The zero-order valence-electron chi connectivity index (χ0n) is 14.9. The van der Waals surface area contributed by atoms with Crippen molar-refractivity contribution in [3.63, 3.8) is 0 Å². The molecule has 0 aliphatic heterocycles. The van der Waals surface area contributed by atoms with E-state index in [1.165, 1.54) is 10.6 Å². The molecule has 3 rings (SSSR count). The third kappa shape index (κ3) is 4.04. The monoisotopic (exact) mass is 451 g/mol. The second-order valence-corrected chi connectivity index (χ2v) is 7.32. The van der Waals surface area contributed by atoms with Gasteiger partial charge in [-0.2, -0.15) is 0 Å².